The topological polar surface area (TPSA) is 221 Å². The predicted octanol–water partition coefficient (Wildman–Crippen LogP) is 6.63. The van der Waals surface area contributed by atoms with E-state index in [0.717, 1.165) is 12.7 Å². The van der Waals surface area contributed by atoms with Gasteiger partial charge < -0.3 is 52.1 Å². The highest BCUT2D eigenvalue weighted by atomic mass is 16.8. The first-order valence-corrected chi connectivity index (χ1v) is 23.3. The lowest BCUT2D eigenvalue weighted by molar-refractivity contribution is -0.334. The molecular formula is C51H78O18. The highest BCUT2D eigenvalue weighted by Gasteiger charge is 2.59. The summed E-state index contributed by atoms with van der Waals surface area (Å²) < 4.78 is 67.2. The second-order valence-electron chi connectivity index (χ2n) is 23.7. The van der Waals surface area contributed by atoms with Crippen LogP contribution >= 0.6 is 0 Å². The van der Waals surface area contributed by atoms with Crippen LogP contribution in [0.1, 0.15) is 130 Å². The first-order valence-electron chi connectivity index (χ1n) is 23.3. The molecule has 2 aliphatic rings. The van der Waals surface area contributed by atoms with E-state index in [4.69, 9.17) is 52.1 Å². The summed E-state index contributed by atoms with van der Waals surface area (Å²) in [6.07, 6.45) is -16.2. The molecule has 2 heterocycles. The average molecular weight is 979 g/mol. The van der Waals surface area contributed by atoms with Gasteiger partial charge in [0.2, 0.25) is 0 Å². The minimum Gasteiger partial charge on any atom is -0.467 e. The fraction of sp³-hybridized carbons (Fsp3) is 0.745. The molecule has 390 valence electrons. The summed E-state index contributed by atoms with van der Waals surface area (Å²) >= 11 is 0. The second-order valence-corrected chi connectivity index (χ2v) is 23.7. The average Bonchev–Trinajstić information content (AvgIpc) is 3.21. The van der Waals surface area contributed by atoms with Crippen LogP contribution in [0.4, 0.5) is 0 Å². The van der Waals surface area contributed by atoms with E-state index in [-0.39, 0.29) is 6.61 Å². The molecule has 1 aromatic rings. The largest absolute Gasteiger partial charge is 0.467 e. The Kier molecular flexibility index (Phi) is 19.2. The minimum absolute atomic E-state index is 0.00504. The first kappa shape index (κ1) is 58.7. The molecule has 2 fully saturated rings. The lowest BCUT2D eigenvalue weighted by Crippen LogP contribution is -2.66. The Morgan fingerprint density at radius 1 is 0.435 bits per heavy atom. The van der Waals surface area contributed by atoms with Crippen LogP contribution in [-0.2, 0) is 92.1 Å². The maximum Gasteiger partial charge on any atom is 0.339 e. The smallest absolute Gasteiger partial charge is 0.339 e. The molecule has 0 aromatic heterocycles. The molecule has 2 saturated heterocycles. The van der Waals surface area contributed by atoms with Crippen LogP contribution in [0.15, 0.2) is 30.3 Å². The molecule has 0 saturated carbocycles. The number of benzene rings is 1. The van der Waals surface area contributed by atoms with Crippen molar-refractivity contribution in [1.29, 1.82) is 0 Å². The van der Waals surface area contributed by atoms with Gasteiger partial charge in [-0.2, -0.15) is 0 Å². The molecule has 10 atom stereocenters. The van der Waals surface area contributed by atoms with Gasteiger partial charge in [-0.15, -0.1) is 0 Å². The van der Waals surface area contributed by atoms with Crippen LogP contribution in [0, 0.1) is 32.5 Å². The number of ether oxygens (including phenoxy) is 11. The maximum atomic E-state index is 13.9. The highest BCUT2D eigenvalue weighted by Crippen LogP contribution is 2.38. The van der Waals surface area contributed by atoms with E-state index < -0.39 is 142 Å². The quantitative estimate of drug-likeness (QED) is 0.141. The van der Waals surface area contributed by atoms with Crippen LogP contribution in [0.2, 0.25) is 0 Å². The van der Waals surface area contributed by atoms with Gasteiger partial charge in [0.25, 0.3) is 0 Å². The van der Waals surface area contributed by atoms with Crippen molar-refractivity contribution < 1.29 is 85.7 Å². The summed E-state index contributed by atoms with van der Waals surface area (Å²) in [5, 5.41) is 0. The van der Waals surface area contributed by atoms with Gasteiger partial charge in [-0.05, 0) is 137 Å². The molecule has 1 aromatic carbocycles. The van der Waals surface area contributed by atoms with Crippen LogP contribution in [-0.4, -0.2) is 124 Å². The fourth-order valence-corrected chi connectivity index (χ4v) is 6.12. The van der Waals surface area contributed by atoms with Gasteiger partial charge in [-0.25, -0.2) is 4.79 Å². The van der Waals surface area contributed by atoms with Crippen molar-refractivity contribution >= 4 is 41.8 Å². The monoisotopic (exact) mass is 979 g/mol. The molecule has 3 rings (SSSR count). The van der Waals surface area contributed by atoms with Gasteiger partial charge in [-0.1, -0.05) is 30.3 Å². The van der Waals surface area contributed by atoms with Gasteiger partial charge >= 0.3 is 41.8 Å². The van der Waals surface area contributed by atoms with E-state index in [1.165, 1.54) is 0 Å². The van der Waals surface area contributed by atoms with E-state index in [9.17, 15) is 33.6 Å². The van der Waals surface area contributed by atoms with Gasteiger partial charge in [0, 0.05) is 0 Å². The molecule has 0 amide bonds. The normalized spacial score (nSPS) is 25.9. The predicted molar refractivity (Wildman–Crippen MR) is 247 cm³/mol. The summed E-state index contributed by atoms with van der Waals surface area (Å²) in [5.74, 6) is -5.78. The molecule has 0 bridgehead atoms. The van der Waals surface area contributed by atoms with E-state index in [0.29, 0.717) is 6.42 Å². The Labute approximate surface area is 407 Å². The molecule has 2 aliphatic heterocycles. The van der Waals surface area contributed by atoms with Crippen molar-refractivity contribution in [2.75, 3.05) is 20.3 Å². The van der Waals surface area contributed by atoms with Crippen LogP contribution in [0.25, 0.3) is 0 Å². The van der Waals surface area contributed by atoms with Crippen LogP contribution < -0.4 is 0 Å². The number of rotatable bonds is 14. The van der Waals surface area contributed by atoms with Crippen molar-refractivity contribution in [2.24, 2.45) is 32.5 Å². The third-order valence-corrected chi connectivity index (χ3v) is 10.6. The standard InChI is InChI=1S/C51H78O18/c1-46(2,3)40(53)64-30-29(62-38(60-26-25-28-23-21-20-22-24-28)35(68-44(57)50(13,14)15)31(30)65-41(54)47(4,5)6)27-61-39-36(69-45(58)51(16,17)18)33(67-43(56)49(10,11)12)32(34(63-39)37(52)59-19)66-42(55)48(7,8)9/h20-24,29-36,38-39H,25-27H2,1-19H3/t29-,30-,31+,32+,33+,34+,35-,36-,38-,39-/m1/s1. The molecule has 0 radical (unpaired) electrons. The number of carbonyl (C=O) groups is 7. The molecule has 0 aliphatic carbocycles. The Balaban J connectivity index is 2.32. The molecule has 0 spiro atoms. The molecule has 69 heavy (non-hydrogen) atoms. The Morgan fingerprint density at radius 2 is 0.768 bits per heavy atom. The van der Waals surface area contributed by atoms with E-state index in [2.05, 4.69) is 0 Å². The summed E-state index contributed by atoms with van der Waals surface area (Å²) in [4.78, 5) is 96.5. The van der Waals surface area contributed by atoms with E-state index in [1.807, 2.05) is 30.3 Å². The Morgan fingerprint density at radius 3 is 1.14 bits per heavy atom. The highest BCUT2D eigenvalue weighted by molar-refractivity contribution is 5.81. The fourth-order valence-electron chi connectivity index (χ4n) is 6.12. The zero-order valence-electron chi connectivity index (χ0n) is 44.1. The van der Waals surface area contributed by atoms with Crippen LogP contribution in [0.5, 0.6) is 0 Å². The van der Waals surface area contributed by atoms with E-state index in [1.54, 1.807) is 125 Å². The van der Waals surface area contributed by atoms with Gasteiger partial charge in [0.1, 0.15) is 6.10 Å². The maximum absolute atomic E-state index is 13.9. The zero-order chi connectivity index (χ0) is 52.8. The Bertz CT molecular complexity index is 1950. The minimum atomic E-state index is -1.84. The van der Waals surface area contributed by atoms with Crippen molar-refractivity contribution in [3.8, 4) is 0 Å². The zero-order valence-corrected chi connectivity index (χ0v) is 44.1. The number of methoxy groups -OCH3 is 1. The first-order chi connectivity index (χ1) is 31.4. The van der Waals surface area contributed by atoms with Crippen molar-refractivity contribution in [3.63, 3.8) is 0 Å². The Hall–Kier alpha value is -4.65. The number of esters is 7. The number of hydrogen-bond acceptors (Lipinski definition) is 18. The third-order valence-electron chi connectivity index (χ3n) is 10.6. The van der Waals surface area contributed by atoms with Gasteiger partial charge in [0.15, 0.2) is 55.3 Å². The third kappa shape index (κ3) is 16.5. The van der Waals surface area contributed by atoms with Crippen molar-refractivity contribution in [1.82, 2.24) is 0 Å². The SMILES string of the molecule is COC(=O)[C@H]1O[C@@H](OC[C@H]2O[C@@H](OCCc3ccccc3)[C@H](OC(=O)C(C)(C)C)[C@@H](OC(=O)C(C)(C)C)[C@@H]2OC(=O)C(C)(C)C)[C@H](OC(=O)C(C)(C)C)[C@@H](OC(=O)C(C)(C)C)[C@@H]1OC(=O)C(C)(C)C. The summed E-state index contributed by atoms with van der Waals surface area (Å²) in [6, 6.07) is 9.37. The van der Waals surface area contributed by atoms with Gasteiger partial charge in [-0.3, -0.25) is 28.8 Å². The van der Waals surface area contributed by atoms with Crippen molar-refractivity contribution in [3.05, 3.63) is 35.9 Å². The second kappa shape index (κ2) is 22.6. The molecule has 0 N–H and O–H groups in total. The van der Waals surface area contributed by atoms with Gasteiger partial charge in [0.05, 0.1) is 52.8 Å². The summed E-state index contributed by atoms with van der Waals surface area (Å²) in [6.45, 7) is 28.0. The van der Waals surface area contributed by atoms with Crippen LogP contribution in [0.3, 0.4) is 0 Å². The lowest BCUT2D eigenvalue weighted by atomic mass is 9.92. The molecule has 0 unspecified atom stereocenters. The molecular weight excluding hydrogens is 901 g/mol. The number of carbonyl (C=O) groups excluding carboxylic acids is 7. The lowest BCUT2D eigenvalue weighted by Gasteiger charge is -2.47. The summed E-state index contributed by atoms with van der Waals surface area (Å²) in [7, 11) is 1.07. The van der Waals surface area contributed by atoms with Crippen molar-refractivity contribution in [2.45, 2.75) is 192 Å². The summed E-state index contributed by atoms with van der Waals surface area (Å²) in [5.41, 5.74) is -5.93. The number of hydrogen-bond donors (Lipinski definition) is 0. The molecule has 18 heteroatoms. The van der Waals surface area contributed by atoms with E-state index >= 15 is 0 Å². The molecule has 18 nitrogen and oxygen atoms in total.